The summed E-state index contributed by atoms with van der Waals surface area (Å²) in [4.78, 5) is 41.7. The number of ketones is 2. The van der Waals surface area contributed by atoms with Gasteiger partial charge in [-0.2, -0.15) is 0 Å². The summed E-state index contributed by atoms with van der Waals surface area (Å²) in [5.74, 6) is -1.48. The maximum absolute atomic E-state index is 12.9. The van der Waals surface area contributed by atoms with Crippen molar-refractivity contribution in [2.75, 3.05) is 6.54 Å². The summed E-state index contributed by atoms with van der Waals surface area (Å²) in [6, 6.07) is 7.10. The predicted octanol–water partition coefficient (Wildman–Crippen LogP) is 3.72. The Bertz CT molecular complexity index is 932. The van der Waals surface area contributed by atoms with Crippen LogP contribution in [0.4, 0.5) is 0 Å². The van der Waals surface area contributed by atoms with Gasteiger partial charge in [-0.15, -0.1) is 0 Å². The van der Waals surface area contributed by atoms with Gasteiger partial charge in [0.2, 0.25) is 0 Å². The van der Waals surface area contributed by atoms with E-state index in [2.05, 4.69) is 10.3 Å². The number of halogens is 1. The molecule has 146 valence electrons. The quantitative estimate of drug-likeness (QED) is 0.778. The second kappa shape index (κ2) is 8.23. The van der Waals surface area contributed by atoms with Crippen LogP contribution in [0.3, 0.4) is 0 Å². The van der Waals surface area contributed by atoms with Gasteiger partial charge < -0.3 is 5.32 Å². The first-order chi connectivity index (χ1) is 13.3. The number of amides is 1. The first kappa shape index (κ1) is 20.2. The highest BCUT2D eigenvalue weighted by atomic mass is 35.5. The van der Waals surface area contributed by atoms with Crippen molar-refractivity contribution >= 4 is 29.1 Å². The fourth-order valence-corrected chi connectivity index (χ4v) is 4.19. The Labute approximate surface area is 169 Å². The Morgan fingerprint density at radius 2 is 1.86 bits per heavy atom. The van der Waals surface area contributed by atoms with E-state index in [1.165, 1.54) is 12.3 Å². The average Bonchev–Trinajstić information content (AvgIpc) is 2.89. The van der Waals surface area contributed by atoms with Gasteiger partial charge in [-0.25, -0.2) is 0 Å². The number of aryl methyl sites for hydroxylation is 3. The summed E-state index contributed by atoms with van der Waals surface area (Å²) in [5.41, 5.74) is 4.14. The molecule has 0 saturated heterocycles. The van der Waals surface area contributed by atoms with Crippen LogP contribution in [0.15, 0.2) is 30.5 Å². The smallest absolute Gasteiger partial charge is 0.269 e. The minimum absolute atomic E-state index is 0.0344. The summed E-state index contributed by atoms with van der Waals surface area (Å²) in [5, 5.41) is 3.18. The Morgan fingerprint density at radius 3 is 2.50 bits per heavy atom. The molecule has 5 nitrogen and oxygen atoms in total. The lowest BCUT2D eigenvalue weighted by molar-refractivity contribution is -0.124. The molecule has 3 rings (SSSR count). The first-order valence-corrected chi connectivity index (χ1v) is 9.69. The fourth-order valence-electron chi connectivity index (χ4n) is 4.03. The summed E-state index contributed by atoms with van der Waals surface area (Å²) >= 11 is 5.87. The number of hydrogen-bond donors (Lipinski definition) is 1. The number of benzene rings is 1. The summed E-state index contributed by atoms with van der Waals surface area (Å²) in [7, 11) is 0. The molecule has 1 aliphatic rings. The van der Waals surface area contributed by atoms with Crippen LogP contribution < -0.4 is 5.32 Å². The topological polar surface area (TPSA) is 76.1 Å². The molecular formula is C22H23ClN2O3. The molecule has 1 heterocycles. The molecule has 28 heavy (non-hydrogen) atoms. The van der Waals surface area contributed by atoms with Crippen LogP contribution in [0.2, 0.25) is 5.02 Å². The molecule has 2 aromatic rings. The normalized spacial score (nSPS) is 19.1. The van der Waals surface area contributed by atoms with E-state index < -0.39 is 5.92 Å². The Kier molecular flexibility index (Phi) is 5.94. The molecule has 1 aromatic carbocycles. The fraction of sp³-hybridized carbons (Fsp3) is 0.364. The zero-order chi connectivity index (χ0) is 20.4. The van der Waals surface area contributed by atoms with Crippen molar-refractivity contribution in [3.8, 4) is 0 Å². The second-order valence-electron chi connectivity index (χ2n) is 7.42. The standard InChI is InChI=1S/C22H23ClN2O3/c1-12-8-13(2)19(14(3)9-12)20-18(26)10-15(21(20)27)4-6-25-22(28)17-11-16(23)5-7-24-17/h5,7-9,11,15,20H,4,6,10H2,1-3H3,(H,25,28)/t15-,20?/m1/s1. The van der Waals surface area contributed by atoms with Crippen LogP contribution in [0.5, 0.6) is 0 Å². The van der Waals surface area contributed by atoms with Crippen LogP contribution in [0.1, 0.15) is 51.5 Å². The number of nitrogens with zero attached hydrogens (tertiary/aromatic N) is 1. The Morgan fingerprint density at radius 1 is 1.18 bits per heavy atom. The number of rotatable bonds is 5. The third-order valence-corrected chi connectivity index (χ3v) is 5.45. The SMILES string of the molecule is Cc1cc(C)c(C2C(=O)C[C@@H](CCNC(=O)c3cc(Cl)ccn3)C2=O)c(C)c1. The van der Waals surface area contributed by atoms with Crippen LogP contribution in [0, 0.1) is 26.7 Å². The highest BCUT2D eigenvalue weighted by Crippen LogP contribution is 2.37. The number of aromatic nitrogens is 1. The zero-order valence-electron chi connectivity index (χ0n) is 16.2. The summed E-state index contributed by atoms with van der Waals surface area (Å²) in [6.07, 6.45) is 2.12. The number of carbonyl (C=O) groups is 3. The largest absolute Gasteiger partial charge is 0.351 e. The molecule has 1 aromatic heterocycles. The van der Waals surface area contributed by atoms with Gasteiger partial charge in [0.1, 0.15) is 17.4 Å². The van der Waals surface area contributed by atoms with Crippen molar-refractivity contribution in [2.24, 2.45) is 5.92 Å². The molecule has 1 amide bonds. The van der Waals surface area contributed by atoms with Gasteiger partial charge in [0.15, 0.2) is 5.78 Å². The van der Waals surface area contributed by atoms with Crippen molar-refractivity contribution in [1.82, 2.24) is 10.3 Å². The third-order valence-electron chi connectivity index (χ3n) is 5.22. The minimum Gasteiger partial charge on any atom is -0.351 e. The zero-order valence-corrected chi connectivity index (χ0v) is 17.0. The highest BCUT2D eigenvalue weighted by Gasteiger charge is 2.42. The minimum atomic E-state index is -0.684. The van der Waals surface area contributed by atoms with Gasteiger partial charge in [0.25, 0.3) is 5.91 Å². The van der Waals surface area contributed by atoms with E-state index >= 15 is 0 Å². The van der Waals surface area contributed by atoms with Crippen LogP contribution in [-0.2, 0) is 9.59 Å². The lowest BCUT2D eigenvalue weighted by Gasteiger charge is -2.16. The molecule has 1 N–H and O–H groups in total. The van der Waals surface area contributed by atoms with Crippen molar-refractivity contribution in [1.29, 1.82) is 0 Å². The maximum atomic E-state index is 12.9. The van der Waals surface area contributed by atoms with E-state index in [0.717, 1.165) is 22.3 Å². The Hall–Kier alpha value is -2.53. The van der Waals surface area contributed by atoms with Crippen molar-refractivity contribution in [3.05, 3.63) is 63.4 Å². The molecule has 2 atom stereocenters. The van der Waals surface area contributed by atoms with E-state index in [1.54, 1.807) is 6.07 Å². The maximum Gasteiger partial charge on any atom is 0.269 e. The van der Waals surface area contributed by atoms with Gasteiger partial charge in [0, 0.05) is 30.1 Å². The molecule has 0 aliphatic heterocycles. The highest BCUT2D eigenvalue weighted by molar-refractivity contribution is 6.30. The van der Waals surface area contributed by atoms with Crippen molar-refractivity contribution in [2.45, 2.75) is 39.5 Å². The molecule has 0 spiro atoms. The molecule has 0 bridgehead atoms. The van der Waals surface area contributed by atoms with Gasteiger partial charge in [0.05, 0.1) is 0 Å². The van der Waals surface area contributed by atoms with E-state index in [9.17, 15) is 14.4 Å². The number of hydrogen-bond acceptors (Lipinski definition) is 4. The lowest BCUT2D eigenvalue weighted by Crippen LogP contribution is -2.28. The molecule has 1 aliphatic carbocycles. The van der Waals surface area contributed by atoms with Crippen molar-refractivity contribution < 1.29 is 14.4 Å². The van der Waals surface area contributed by atoms with Gasteiger partial charge in [-0.05, 0) is 56.0 Å². The van der Waals surface area contributed by atoms with Crippen LogP contribution >= 0.6 is 11.6 Å². The molecule has 1 fully saturated rings. The van der Waals surface area contributed by atoms with E-state index in [1.807, 2.05) is 32.9 Å². The molecule has 1 unspecified atom stereocenters. The van der Waals surface area contributed by atoms with Crippen LogP contribution in [-0.4, -0.2) is 29.0 Å². The third kappa shape index (κ3) is 4.14. The van der Waals surface area contributed by atoms with E-state index in [4.69, 9.17) is 11.6 Å². The number of Topliss-reactive ketones (excluding diaryl/α,β-unsaturated/α-hetero) is 2. The van der Waals surface area contributed by atoms with Gasteiger partial charge in [-0.1, -0.05) is 29.3 Å². The number of carbonyl (C=O) groups excluding carboxylic acids is 3. The molecule has 1 saturated carbocycles. The predicted molar refractivity (Wildman–Crippen MR) is 108 cm³/mol. The lowest BCUT2D eigenvalue weighted by atomic mass is 9.86. The number of nitrogens with one attached hydrogen (secondary N) is 1. The van der Waals surface area contributed by atoms with Crippen molar-refractivity contribution in [3.63, 3.8) is 0 Å². The number of pyridine rings is 1. The van der Waals surface area contributed by atoms with E-state index in [0.29, 0.717) is 18.0 Å². The van der Waals surface area contributed by atoms with E-state index in [-0.39, 0.29) is 35.5 Å². The summed E-state index contributed by atoms with van der Waals surface area (Å²) in [6.45, 7) is 6.19. The Balaban J connectivity index is 1.65. The second-order valence-corrected chi connectivity index (χ2v) is 7.86. The van der Waals surface area contributed by atoms with Gasteiger partial charge >= 0.3 is 0 Å². The van der Waals surface area contributed by atoms with Crippen LogP contribution in [0.25, 0.3) is 0 Å². The monoisotopic (exact) mass is 398 g/mol. The summed E-state index contributed by atoms with van der Waals surface area (Å²) < 4.78 is 0. The molecule has 6 heteroatoms. The van der Waals surface area contributed by atoms with Gasteiger partial charge in [-0.3, -0.25) is 19.4 Å². The molecule has 0 radical (unpaired) electrons. The first-order valence-electron chi connectivity index (χ1n) is 9.32. The average molecular weight is 399 g/mol. The molecular weight excluding hydrogens is 376 g/mol.